The van der Waals surface area contributed by atoms with E-state index in [-0.39, 0.29) is 12.0 Å². The van der Waals surface area contributed by atoms with Crippen molar-refractivity contribution >= 4 is 16.8 Å². The monoisotopic (exact) mass is 348 g/mol. The number of para-hydroxylation sites is 1. The van der Waals surface area contributed by atoms with Crippen molar-refractivity contribution in [2.75, 3.05) is 13.1 Å². The zero-order valence-electron chi connectivity index (χ0n) is 14.9. The van der Waals surface area contributed by atoms with Gasteiger partial charge in [-0.2, -0.15) is 0 Å². The smallest absolute Gasteiger partial charge is 0.227 e. The van der Waals surface area contributed by atoms with E-state index in [1.807, 2.05) is 47.5 Å². The fourth-order valence-electron chi connectivity index (χ4n) is 3.61. The molecule has 1 N–H and O–H groups in total. The van der Waals surface area contributed by atoms with Crippen molar-refractivity contribution in [3.05, 3.63) is 71.9 Å². The summed E-state index contributed by atoms with van der Waals surface area (Å²) in [7, 11) is 0. The second kappa shape index (κ2) is 7.75. The number of benzene rings is 2. The molecule has 0 aliphatic carbocycles. The van der Waals surface area contributed by atoms with Gasteiger partial charge in [-0.3, -0.25) is 4.79 Å². The molecule has 1 amide bonds. The van der Waals surface area contributed by atoms with E-state index in [9.17, 15) is 4.79 Å². The molecule has 4 heteroatoms. The molecule has 0 spiro atoms. The Kier molecular flexibility index (Phi) is 5.02. The Morgan fingerprint density at radius 2 is 1.77 bits per heavy atom. The molecule has 1 aromatic heterocycles. The van der Waals surface area contributed by atoms with Crippen molar-refractivity contribution in [3.8, 4) is 0 Å². The van der Waals surface area contributed by atoms with Gasteiger partial charge >= 0.3 is 0 Å². The summed E-state index contributed by atoms with van der Waals surface area (Å²) in [4.78, 5) is 17.9. The predicted octanol–water partition coefficient (Wildman–Crippen LogP) is 3.92. The number of rotatable bonds is 5. The molecule has 0 saturated carbocycles. The van der Waals surface area contributed by atoms with Crippen LogP contribution in [-0.4, -0.2) is 35.0 Å². The number of amides is 1. The SMILES string of the molecule is O=C(Cc1c[nH]c2ccccc12)N1CCC(OCc2ccccc2)CC1. The van der Waals surface area contributed by atoms with Gasteiger partial charge in [0.25, 0.3) is 0 Å². The maximum atomic E-state index is 12.7. The average Bonchev–Trinajstić information content (AvgIpc) is 3.10. The highest BCUT2D eigenvalue weighted by Crippen LogP contribution is 2.21. The number of aromatic nitrogens is 1. The molecule has 26 heavy (non-hydrogen) atoms. The van der Waals surface area contributed by atoms with E-state index in [2.05, 4.69) is 23.2 Å². The highest BCUT2D eigenvalue weighted by molar-refractivity contribution is 5.88. The number of carbonyl (C=O) groups is 1. The first-order valence-electron chi connectivity index (χ1n) is 9.28. The Morgan fingerprint density at radius 1 is 1.04 bits per heavy atom. The third-order valence-corrected chi connectivity index (χ3v) is 5.14. The third kappa shape index (κ3) is 3.81. The zero-order chi connectivity index (χ0) is 17.8. The summed E-state index contributed by atoms with van der Waals surface area (Å²) in [6, 6.07) is 18.4. The summed E-state index contributed by atoms with van der Waals surface area (Å²) in [6.45, 7) is 2.20. The fraction of sp³-hybridized carbons (Fsp3) is 0.318. The number of likely N-dealkylation sites (tertiary alicyclic amines) is 1. The lowest BCUT2D eigenvalue weighted by Crippen LogP contribution is -2.41. The lowest BCUT2D eigenvalue weighted by atomic mass is 10.1. The number of H-pyrrole nitrogens is 1. The number of hydrogen-bond acceptors (Lipinski definition) is 2. The number of nitrogens with zero attached hydrogens (tertiary/aromatic N) is 1. The molecule has 0 atom stereocenters. The summed E-state index contributed by atoms with van der Waals surface area (Å²) in [5.74, 6) is 0.205. The Morgan fingerprint density at radius 3 is 2.58 bits per heavy atom. The number of hydrogen-bond donors (Lipinski definition) is 1. The van der Waals surface area contributed by atoms with Crippen LogP contribution in [0.25, 0.3) is 10.9 Å². The predicted molar refractivity (Wildman–Crippen MR) is 103 cm³/mol. The van der Waals surface area contributed by atoms with E-state index in [0.717, 1.165) is 42.4 Å². The maximum Gasteiger partial charge on any atom is 0.227 e. The van der Waals surface area contributed by atoms with Crippen LogP contribution >= 0.6 is 0 Å². The van der Waals surface area contributed by atoms with E-state index in [4.69, 9.17) is 4.74 Å². The molecule has 1 aliphatic rings. The number of fused-ring (bicyclic) bond motifs is 1. The molecule has 0 bridgehead atoms. The Labute approximate surface area is 153 Å². The van der Waals surface area contributed by atoms with Crippen LogP contribution in [0.5, 0.6) is 0 Å². The van der Waals surface area contributed by atoms with Crippen LogP contribution in [0.1, 0.15) is 24.0 Å². The largest absolute Gasteiger partial charge is 0.373 e. The molecule has 2 heterocycles. The highest BCUT2D eigenvalue weighted by atomic mass is 16.5. The molecular formula is C22H24N2O2. The standard InChI is InChI=1S/C22H24N2O2/c25-22(14-18-15-23-21-9-5-4-8-20(18)21)24-12-10-19(11-13-24)26-16-17-6-2-1-3-7-17/h1-9,15,19,23H,10-14,16H2. The lowest BCUT2D eigenvalue weighted by molar-refractivity contribution is -0.133. The van der Waals surface area contributed by atoms with Crippen LogP contribution < -0.4 is 0 Å². The lowest BCUT2D eigenvalue weighted by Gasteiger charge is -2.32. The van der Waals surface area contributed by atoms with E-state index in [1.165, 1.54) is 5.56 Å². The van der Waals surface area contributed by atoms with Crippen LogP contribution in [0.4, 0.5) is 0 Å². The van der Waals surface area contributed by atoms with Crippen molar-refractivity contribution in [1.29, 1.82) is 0 Å². The summed E-state index contributed by atoms with van der Waals surface area (Å²) < 4.78 is 6.02. The Balaban J connectivity index is 1.28. The quantitative estimate of drug-likeness (QED) is 0.760. The number of ether oxygens (including phenoxy) is 1. The van der Waals surface area contributed by atoms with Gasteiger partial charge in [0.2, 0.25) is 5.91 Å². The van der Waals surface area contributed by atoms with Crippen molar-refractivity contribution < 1.29 is 9.53 Å². The molecule has 0 radical (unpaired) electrons. The maximum absolute atomic E-state index is 12.7. The first kappa shape index (κ1) is 16.9. The van der Waals surface area contributed by atoms with Gasteiger partial charge in [-0.25, -0.2) is 0 Å². The minimum absolute atomic E-state index is 0.205. The number of aromatic amines is 1. The number of carbonyl (C=O) groups excluding carboxylic acids is 1. The third-order valence-electron chi connectivity index (χ3n) is 5.14. The van der Waals surface area contributed by atoms with Crippen LogP contribution in [0.3, 0.4) is 0 Å². The summed E-state index contributed by atoms with van der Waals surface area (Å²) in [6.07, 6.45) is 4.48. The van der Waals surface area contributed by atoms with E-state index in [0.29, 0.717) is 13.0 Å². The Bertz CT molecular complexity index is 864. The topological polar surface area (TPSA) is 45.3 Å². The molecule has 3 aromatic rings. The highest BCUT2D eigenvalue weighted by Gasteiger charge is 2.23. The second-order valence-corrected chi connectivity index (χ2v) is 6.91. The molecule has 4 nitrogen and oxygen atoms in total. The minimum atomic E-state index is 0.205. The number of nitrogens with one attached hydrogen (secondary N) is 1. The fourth-order valence-corrected chi connectivity index (χ4v) is 3.61. The van der Waals surface area contributed by atoms with E-state index in [1.54, 1.807) is 0 Å². The second-order valence-electron chi connectivity index (χ2n) is 6.91. The molecule has 134 valence electrons. The van der Waals surface area contributed by atoms with Crippen molar-refractivity contribution in [2.24, 2.45) is 0 Å². The van der Waals surface area contributed by atoms with Gasteiger partial charge in [-0.1, -0.05) is 48.5 Å². The molecule has 0 unspecified atom stereocenters. The minimum Gasteiger partial charge on any atom is -0.373 e. The first-order chi connectivity index (χ1) is 12.8. The van der Waals surface area contributed by atoms with Gasteiger partial charge in [-0.15, -0.1) is 0 Å². The van der Waals surface area contributed by atoms with Crippen LogP contribution in [0.15, 0.2) is 60.8 Å². The van der Waals surface area contributed by atoms with Gasteiger partial charge in [0.05, 0.1) is 19.1 Å². The molecular weight excluding hydrogens is 324 g/mol. The van der Waals surface area contributed by atoms with Gasteiger partial charge < -0.3 is 14.6 Å². The first-order valence-corrected chi connectivity index (χ1v) is 9.28. The van der Waals surface area contributed by atoms with Gasteiger partial charge in [0, 0.05) is 30.2 Å². The van der Waals surface area contributed by atoms with Gasteiger partial charge in [0.15, 0.2) is 0 Å². The van der Waals surface area contributed by atoms with Crippen LogP contribution in [0, 0.1) is 0 Å². The summed E-state index contributed by atoms with van der Waals surface area (Å²) in [5.41, 5.74) is 3.36. The Hall–Kier alpha value is -2.59. The van der Waals surface area contributed by atoms with Crippen molar-refractivity contribution in [3.63, 3.8) is 0 Å². The van der Waals surface area contributed by atoms with Gasteiger partial charge in [0.1, 0.15) is 0 Å². The normalized spacial score (nSPS) is 15.5. The molecule has 4 rings (SSSR count). The van der Waals surface area contributed by atoms with E-state index < -0.39 is 0 Å². The van der Waals surface area contributed by atoms with Crippen molar-refractivity contribution in [2.45, 2.75) is 32.0 Å². The number of piperidine rings is 1. The zero-order valence-corrected chi connectivity index (χ0v) is 14.9. The molecule has 1 saturated heterocycles. The average molecular weight is 348 g/mol. The molecule has 1 aliphatic heterocycles. The summed E-state index contributed by atoms with van der Waals surface area (Å²) in [5, 5.41) is 1.14. The van der Waals surface area contributed by atoms with Crippen LogP contribution in [0.2, 0.25) is 0 Å². The molecule has 2 aromatic carbocycles. The van der Waals surface area contributed by atoms with Crippen molar-refractivity contribution in [1.82, 2.24) is 9.88 Å². The van der Waals surface area contributed by atoms with E-state index >= 15 is 0 Å². The summed E-state index contributed by atoms with van der Waals surface area (Å²) >= 11 is 0. The van der Waals surface area contributed by atoms with Crippen LogP contribution in [-0.2, 0) is 22.6 Å². The van der Waals surface area contributed by atoms with Gasteiger partial charge in [-0.05, 0) is 30.0 Å². The molecule has 1 fully saturated rings.